The number of carbonyl (C=O) groups excluding carboxylic acids is 2. The summed E-state index contributed by atoms with van der Waals surface area (Å²) in [6.07, 6.45) is 5.74. The summed E-state index contributed by atoms with van der Waals surface area (Å²) in [5.41, 5.74) is 2.90. The summed E-state index contributed by atoms with van der Waals surface area (Å²) in [5, 5.41) is 0. The van der Waals surface area contributed by atoms with Crippen LogP contribution in [0.15, 0.2) is 117 Å². The molecule has 0 radical (unpaired) electrons. The van der Waals surface area contributed by atoms with Gasteiger partial charge in [0, 0.05) is 17.2 Å². The molecule has 0 aliphatic heterocycles. The zero-order valence-electron chi connectivity index (χ0n) is 19.5. The second-order valence-electron chi connectivity index (χ2n) is 7.35. The summed E-state index contributed by atoms with van der Waals surface area (Å²) in [7, 11) is 0. The SMILES string of the molecule is C=CC(=O)O/C=C\Oc1ccc(-c2ccc(-c3ccc(O/C=C\OC(=O)C(=C)C)cc3)c(F)c2)cc1. The first-order chi connectivity index (χ1) is 17.4. The smallest absolute Gasteiger partial charge is 0.338 e. The van der Waals surface area contributed by atoms with E-state index in [1.807, 2.05) is 6.07 Å². The Morgan fingerprint density at radius 2 is 1.28 bits per heavy atom. The number of benzene rings is 3. The van der Waals surface area contributed by atoms with Gasteiger partial charge in [-0.25, -0.2) is 14.0 Å². The average molecular weight is 486 g/mol. The fraction of sp³-hybridized carbons (Fsp3) is 0.0345. The van der Waals surface area contributed by atoms with Crippen LogP contribution in [0.3, 0.4) is 0 Å². The van der Waals surface area contributed by atoms with Crippen LogP contribution in [0.4, 0.5) is 4.39 Å². The monoisotopic (exact) mass is 486 g/mol. The summed E-state index contributed by atoms with van der Waals surface area (Å²) in [6, 6.07) is 18.8. The molecule has 0 saturated heterocycles. The van der Waals surface area contributed by atoms with Crippen LogP contribution in [0.25, 0.3) is 22.3 Å². The van der Waals surface area contributed by atoms with Crippen LogP contribution in [0.1, 0.15) is 6.92 Å². The Labute approximate surface area is 208 Å². The van der Waals surface area contributed by atoms with Crippen LogP contribution in [-0.4, -0.2) is 11.9 Å². The lowest BCUT2D eigenvalue weighted by Gasteiger charge is -2.09. The third-order valence-electron chi connectivity index (χ3n) is 4.72. The third kappa shape index (κ3) is 7.30. The Balaban J connectivity index is 1.62. The van der Waals surface area contributed by atoms with Gasteiger partial charge >= 0.3 is 11.9 Å². The fourth-order valence-corrected chi connectivity index (χ4v) is 2.91. The van der Waals surface area contributed by atoms with Gasteiger partial charge in [0.1, 0.15) is 42.4 Å². The number of halogens is 1. The van der Waals surface area contributed by atoms with Crippen LogP contribution >= 0.6 is 0 Å². The van der Waals surface area contributed by atoms with Crippen LogP contribution in [0, 0.1) is 5.82 Å². The van der Waals surface area contributed by atoms with Crippen molar-refractivity contribution in [1.29, 1.82) is 0 Å². The molecular weight excluding hydrogens is 463 g/mol. The quantitative estimate of drug-likeness (QED) is 0.180. The van der Waals surface area contributed by atoms with E-state index in [-0.39, 0.29) is 11.4 Å². The minimum Gasteiger partial charge on any atom is -0.462 e. The molecule has 0 unspecified atom stereocenters. The molecule has 36 heavy (non-hydrogen) atoms. The number of hydrogen-bond donors (Lipinski definition) is 0. The Morgan fingerprint density at radius 1 is 0.750 bits per heavy atom. The largest absolute Gasteiger partial charge is 0.462 e. The molecule has 0 N–H and O–H groups in total. The third-order valence-corrected chi connectivity index (χ3v) is 4.72. The van der Waals surface area contributed by atoms with Crippen molar-refractivity contribution in [3.8, 4) is 33.8 Å². The van der Waals surface area contributed by atoms with E-state index in [1.165, 1.54) is 18.6 Å². The van der Waals surface area contributed by atoms with E-state index >= 15 is 0 Å². The van der Waals surface area contributed by atoms with E-state index in [0.717, 1.165) is 24.2 Å². The van der Waals surface area contributed by atoms with Crippen molar-refractivity contribution in [3.05, 3.63) is 122 Å². The lowest BCUT2D eigenvalue weighted by Crippen LogP contribution is -1.99. The molecule has 0 aliphatic rings. The van der Waals surface area contributed by atoms with Crippen LogP contribution < -0.4 is 9.47 Å². The van der Waals surface area contributed by atoms with Gasteiger partial charge in [-0.15, -0.1) is 0 Å². The Hall–Kier alpha value is -4.91. The Bertz CT molecular complexity index is 1300. The zero-order chi connectivity index (χ0) is 25.9. The minimum absolute atomic E-state index is 0.279. The topological polar surface area (TPSA) is 71.1 Å². The summed E-state index contributed by atoms with van der Waals surface area (Å²) in [6.45, 7) is 8.31. The maximum absolute atomic E-state index is 14.9. The van der Waals surface area contributed by atoms with E-state index in [4.69, 9.17) is 14.2 Å². The number of hydrogen-bond acceptors (Lipinski definition) is 6. The first-order valence-corrected chi connectivity index (χ1v) is 10.7. The molecule has 0 saturated carbocycles. The van der Waals surface area contributed by atoms with Gasteiger partial charge in [-0.3, -0.25) is 0 Å². The maximum atomic E-state index is 14.9. The lowest BCUT2D eigenvalue weighted by atomic mass is 9.99. The lowest BCUT2D eigenvalue weighted by molar-refractivity contribution is -0.134. The van der Waals surface area contributed by atoms with Crippen molar-refractivity contribution in [2.45, 2.75) is 6.92 Å². The van der Waals surface area contributed by atoms with Gasteiger partial charge in [-0.1, -0.05) is 49.6 Å². The second kappa shape index (κ2) is 12.5. The molecule has 6 nitrogen and oxygen atoms in total. The van der Waals surface area contributed by atoms with Crippen molar-refractivity contribution >= 4 is 11.9 Å². The van der Waals surface area contributed by atoms with Crippen LogP contribution in [0.2, 0.25) is 0 Å². The van der Waals surface area contributed by atoms with Crippen LogP contribution in [-0.2, 0) is 19.1 Å². The first kappa shape index (κ1) is 25.7. The van der Waals surface area contributed by atoms with Crippen molar-refractivity contribution in [2.75, 3.05) is 0 Å². The summed E-state index contributed by atoms with van der Waals surface area (Å²) >= 11 is 0. The molecule has 0 spiro atoms. The van der Waals surface area contributed by atoms with Gasteiger partial charge in [-0.2, -0.15) is 0 Å². The standard InChI is InChI=1S/C29H23FO6/c1-4-28(31)35-17-15-33-24-10-5-21(6-11-24)23-9-14-26(27(30)19-23)22-7-12-25(13-8-22)34-16-18-36-29(32)20(2)3/h4-19H,1-2H2,3H3/b17-15-,18-16-. The van der Waals surface area contributed by atoms with E-state index in [0.29, 0.717) is 28.2 Å². The molecule has 3 aromatic carbocycles. The van der Waals surface area contributed by atoms with E-state index < -0.39 is 11.9 Å². The van der Waals surface area contributed by atoms with Gasteiger partial charge < -0.3 is 18.9 Å². The molecule has 0 amide bonds. The van der Waals surface area contributed by atoms with Gasteiger partial charge in [0.15, 0.2) is 0 Å². The first-order valence-electron chi connectivity index (χ1n) is 10.7. The van der Waals surface area contributed by atoms with Crippen molar-refractivity contribution in [3.63, 3.8) is 0 Å². The summed E-state index contributed by atoms with van der Waals surface area (Å²) in [5.74, 6) is -0.493. The van der Waals surface area contributed by atoms with Crippen molar-refractivity contribution in [1.82, 2.24) is 0 Å². The molecule has 0 atom stereocenters. The fourth-order valence-electron chi connectivity index (χ4n) is 2.91. The number of carbonyl (C=O) groups is 2. The molecule has 7 heteroatoms. The highest BCUT2D eigenvalue weighted by molar-refractivity contribution is 5.87. The maximum Gasteiger partial charge on any atom is 0.338 e. The second-order valence-corrected chi connectivity index (χ2v) is 7.35. The van der Waals surface area contributed by atoms with Gasteiger partial charge in [-0.05, 0) is 53.9 Å². The highest BCUT2D eigenvalue weighted by Crippen LogP contribution is 2.30. The molecular formula is C29H23FO6. The molecule has 3 rings (SSSR count). The molecule has 0 aromatic heterocycles. The molecule has 0 aliphatic carbocycles. The predicted molar refractivity (Wildman–Crippen MR) is 134 cm³/mol. The van der Waals surface area contributed by atoms with E-state index in [9.17, 15) is 14.0 Å². The summed E-state index contributed by atoms with van der Waals surface area (Å²) in [4.78, 5) is 22.3. The highest BCUT2D eigenvalue weighted by Gasteiger charge is 2.08. The highest BCUT2D eigenvalue weighted by atomic mass is 19.1. The number of ether oxygens (including phenoxy) is 4. The van der Waals surface area contributed by atoms with E-state index in [2.05, 4.69) is 17.9 Å². The molecule has 0 fully saturated rings. The number of rotatable bonds is 10. The van der Waals surface area contributed by atoms with Crippen molar-refractivity contribution in [2.24, 2.45) is 0 Å². The summed E-state index contributed by atoms with van der Waals surface area (Å²) < 4.78 is 35.1. The Morgan fingerprint density at radius 3 is 1.81 bits per heavy atom. The van der Waals surface area contributed by atoms with Crippen LogP contribution in [0.5, 0.6) is 11.5 Å². The molecule has 0 bridgehead atoms. The molecule has 3 aromatic rings. The van der Waals surface area contributed by atoms with Gasteiger partial charge in [0.2, 0.25) is 0 Å². The molecule has 0 heterocycles. The van der Waals surface area contributed by atoms with E-state index in [1.54, 1.807) is 61.5 Å². The Kier molecular flexibility index (Phi) is 8.94. The van der Waals surface area contributed by atoms with Crippen molar-refractivity contribution < 1.29 is 32.9 Å². The van der Waals surface area contributed by atoms with Gasteiger partial charge in [0.25, 0.3) is 0 Å². The normalized spacial score (nSPS) is 10.7. The number of esters is 2. The van der Waals surface area contributed by atoms with Gasteiger partial charge in [0.05, 0.1) is 0 Å². The zero-order valence-corrected chi connectivity index (χ0v) is 19.5. The molecule has 182 valence electrons. The minimum atomic E-state index is -0.587. The average Bonchev–Trinajstić information content (AvgIpc) is 2.89. The predicted octanol–water partition coefficient (Wildman–Crippen LogP) is 6.71.